The van der Waals surface area contributed by atoms with Gasteiger partial charge in [0.15, 0.2) is 0 Å². The molecule has 0 fully saturated rings. The Balaban J connectivity index is 1.60. The van der Waals surface area contributed by atoms with Crippen LogP contribution in [0.5, 0.6) is 5.75 Å². The van der Waals surface area contributed by atoms with Gasteiger partial charge in [0, 0.05) is 34.6 Å². The van der Waals surface area contributed by atoms with Gasteiger partial charge in [0.1, 0.15) is 11.4 Å². The maximum absolute atomic E-state index is 12.7. The second-order valence-corrected chi connectivity index (χ2v) is 7.21. The van der Waals surface area contributed by atoms with Crippen LogP contribution in [0.2, 0.25) is 5.02 Å². The first-order valence-electron chi connectivity index (χ1n) is 9.27. The lowest BCUT2D eigenvalue weighted by Gasteiger charge is -2.09. The van der Waals surface area contributed by atoms with E-state index in [0.29, 0.717) is 29.3 Å². The van der Waals surface area contributed by atoms with Gasteiger partial charge in [0.2, 0.25) is 0 Å². The Hall–Kier alpha value is -3.09. The van der Waals surface area contributed by atoms with Crippen molar-refractivity contribution < 1.29 is 4.74 Å². The number of nitrogens with zero attached hydrogens (tertiary/aromatic N) is 2. The molecule has 0 aliphatic carbocycles. The van der Waals surface area contributed by atoms with E-state index in [1.54, 1.807) is 23.9 Å². The molecule has 148 valence electrons. The van der Waals surface area contributed by atoms with Crippen molar-refractivity contribution in [3.05, 3.63) is 86.8 Å². The van der Waals surface area contributed by atoms with Crippen LogP contribution < -0.4 is 15.6 Å². The van der Waals surface area contributed by atoms with Gasteiger partial charge in [0.25, 0.3) is 5.56 Å². The molecule has 0 atom stereocenters. The molecule has 0 bridgehead atoms. The molecule has 2 aromatic heterocycles. The highest BCUT2D eigenvalue weighted by Gasteiger charge is 2.13. The van der Waals surface area contributed by atoms with E-state index in [0.717, 1.165) is 28.1 Å². The Morgan fingerprint density at radius 1 is 1.10 bits per heavy atom. The number of fused-ring (bicyclic) bond motifs is 1. The summed E-state index contributed by atoms with van der Waals surface area (Å²) in [5.74, 6) is 0.824. The predicted octanol–water partition coefficient (Wildman–Crippen LogP) is 3.97. The lowest BCUT2D eigenvalue weighted by molar-refractivity contribution is 0.407. The van der Waals surface area contributed by atoms with Gasteiger partial charge in [-0.15, -0.1) is 0 Å². The third-order valence-corrected chi connectivity index (χ3v) is 5.10. The SMILES string of the molecule is COc1ccccc1CNCc1cc2c(C)nn(-c3ccc(Cl)cc3)c2[nH]c1=O. The van der Waals surface area contributed by atoms with Crippen molar-refractivity contribution in [2.24, 2.45) is 0 Å². The number of benzene rings is 2. The Morgan fingerprint density at radius 3 is 2.59 bits per heavy atom. The number of aromatic amines is 1. The number of methoxy groups -OCH3 is 1. The fourth-order valence-electron chi connectivity index (χ4n) is 3.34. The molecule has 0 radical (unpaired) electrons. The lowest BCUT2D eigenvalue weighted by atomic mass is 10.1. The minimum absolute atomic E-state index is 0.139. The average molecular weight is 409 g/mol. The van der Waals surface area contributed by atoms with Crippen LogP contribution in [0, 0.1) is 6.92 Å². The van der Waals surface area contributed by atoms with E-state index in [4.69, 9.17) is 16.3 Å². The van der Waals surface area contributed by atoms with Gasteiger partial charge in [-0.3, -0.25) is 4.79 Å². The quantitative estimate of drug-likeness (QED) is 0.506. The minimum Gasteiger partial charge on any atom is -0.496 e. The number of rotatable bonds is 6. The standard InChI is InChI=1S/C22H21ClN4O2/c1-14-19-11-16(13-24-12-15-5-3-4-6-20(15)29-2)22(28)25-21(19)27(26-14)18-9-7-17(23)8-10-18/h3-11,24H,12-13H2,1-2H3,(H,25,28). The van der Waals surface area contributed by atoms with Crippen molar-refractivity contribution in [3.63, 3.8) is 0 Å². The van der Waals surface area contributed by atoms with E-state index < -0.39 is 0 Å². The molecule has 2 N–H and O–H groups in total. The van der Waals surface area contributed by atoms with E-state index >= 15 is 0 Å². The third kappa shape index (κ3) is 3.90. The van der Waals surface area contributed by atoms with Crippen LogP contribution in [0.4, 0.5) is 0 Å². The van der Waals surface area contributed by atoms with Gasteiger partial charge < -0.3 is 15.0 Å². The topological polar surface area (TPSA) is 71.9 Å². The Bertz CT molecular complexity index is 1210. The molecule has 0 aliphatic rings. The molecule has 0 saturated carbocycles. The highest BCUT2D eigenvalue weighted by Crippen LogP contribution is 2.21. The Kier molecular flexibility index (Phi) is 5.38. The zero-order valence-corrected chi connectivity index (χ0v) is 17.0. The van der Waals surface area contributed by atoms with Gasteiger partial charge in [-0.2, -0.15) is 5.10 Å². The monoisotopic (exact) mass is 408 g/mol. The maximum atomic E-state index is 12.7. The van der Waals surface area contributed by atoms with Crippen LogP contribution in [-0.2, 0) is 13.1 Å². The first-order chi connectivity index (χ1) is 14.1. The second kappa shape index (κ2) is 8.11. The van der Waals surface area contributed by atoms with Gasteiger partial charge in [0.05, 0.1) is 18.5 Å². The number of pyridine rings is 1. The molecule has 0 unspecified atom stereocenters. The van der Waals surface area contributed by atoms with Crippen LogP contribution in [-0.4, -0.2) is 21.9 Å². The van der Waals surface area contributed by atoms with Crippen LogP contribution in [0.1, 0.15) is 16.8 Å². The van der Waals surface area contributed by atoms with E-state index in [1.165, 1.54) is 0 Å². The fourth-order valence-corrected chi connectivity index (χ4v) is 3.47. The second-order valence-electron chi connectivity index (χ2n) is 6.78. The number of hydrogen-bond acceptors (Lipinski definition) is 4. The van der Waals surface area contributed by atoms with E-state index in [9.17, 15) is 4.79 Å². The molecule has 29 heavy (non-hydrogen) atoms. The van der Waals surface area contributed by atoms with Crippen LogP contribution >= 0.6 is 11.6 Å². The van der Waals surface area contributed by atoms with Crippen LogP contribution in [0.15, 0.2) is 59.4 Å². The number of aromatic nitrogens is 3. The maximum Gasteiger partial charge on any atom is 0.254 e. The summed E-state index contributed by atoms with van der Waals surface area (Å²) >= 11 is 5.98. The van der Waals surface area contributed by atoms with Gasteiger partial charge in [-0.05, 0) is 43.3 Å². The summed E-state index contributed by atoms with van der Waals surface area (Å²) in [5.41, 5.74) is 3.91. The molecule has 2 aromatic carbocycles. The predicted molar refractivity (Wildman–Crippen MR) is 115 cm³/mol. The summed E-state index contributed by atoms with van der Waals surface area (Å²) in [4.78, 5) is 15.6. The molecule has 0 saturated heterocycles. The molecular formula is C22H21ClN4O2. The van der Waals surface area contributed by atoms with Crippen molar-refractivity contribution in [2.75, 3.05) is 7.11 Å². The summed E-state index contributed by atoms with van der Waals surface area (Å²) in [6, 6.07) is 17.1. The molecule has 0 spiro atoms. The highest BCUT2D eigenvalue weighted by molar-refractivity contribution is 6.30. The number of aryl methyl sites for hydroxylation is 1. The first kappa shape index (κ1) is 19.2. The van der Waals surface area contributed by atoms with Crippen molar-refractivity contribution >= 4 is 22.6 Å². The summed E-state index contributed by atoms with van der Waals surface area (Å²) in [6.45, 7) is 2.97. The molecule has 4 rings (SSSR count). The molecular weight excluding hydrogens is 388 g/mol. The summed E-state index contributed by atoms with van der Waals surface area (Å²) in [6.07, 6.45) is 0. The largest absolute Gasteiger partial charge is 0.496 e. The van der Waals surface area contributed by atoms with Crippen LogP contribution in [0.3, 0.4) is 0 Å². The van der Waals surface area contributed by atoms with Crippen molar-refractivity contribution in [2.45, 2.75) is 20.0 Å². The number of H-pyrrole nitrogens is 1. The summed E-state index contributed by atoms with van der Waals surface area (Å²) < 4.78 is 7.10. The molecule has 4 aromatic rings. The Labute approximate surface area is 173 Å². The van der Waals surface area contributed by atoms with E-state index in [1.807, 2.05) is 49.4 Å². The van der Waals surface area contributed by atoms with Gasteiger partial charge >= 0.3 is 0 Å². The number of ether oxygens (including phenoxy) is 1. The smallest absolute Gasteiger partial charge is 0.254 e. The summed E-state index contributed by atoms with van der Waals surface area (Å²) in [7, 11) is 1.65. The minimum atomic E-state index is -0.139. The van der Waals surface area contributed by atoms with Crippen molar-refractivity contribution in [3.8, 4) is 11.4 Å². The third-order valence-electron chi connectivity index (χ3n) is 4.84. The van der Waals surface area contributed by atoms with E-state index in [2.05, 4.69) is 15.4 Å². The Morgan fingerprint density at radius 2 is 1.83 bits per heavy atom. The fraction of sp³-hybridized carbons (Fsp3) is 0.182. The summed E-state index contributed by atoms with van der Waals surface area (Å²) in [5, 5.41) is 9.47. The molecule has 2 heterocycles. The van der Waals surface area contributed by atoms with Crippen molar-refractivity contribution in [1.29, 1.82) is 0 Å². The molecule has 7 heteroatoms. The van der Waals surface area contributed by atoms with Crippen molar-refractivity contribution in [1.82, 2.24) is 20.1 Å². The van der Waals surface area contributed by atoms with Gasteiger partial charge in [-0.1, -0.05) is 29.8 Å². The number of nitrogens with one attached hydrogen (secondary N) is 2. The van der Waals surface area contributed by atoms with E-state index in [-0.39, 0.29) is 5.56 Å². The first-order valence-corrected chi connectivity index (χ1v) is 9.64. The number of halogens is 1. The number of hydrogen-bond donors (Lipinski definition) is 2. The molecule has 0 aliphatic heterocycles. The number of para-hydroxylation sites is 1. The zero-order chi connectivity index (χ0) is 20.4. The lowest BCUT2D eigenvalue weighted by Crippen LogP contribution is -2.21. The molecule has 6 nitrogen and oxygen atoms in total. The van der Waals surface area contributed by atoms with Crippen LogP contribution in [0.25, 0.3) is 16.7 Å². The van der Waals surface area contributed by atoms with Gasteiger partial charge in [-0.25, -0.2) is 4.68 Å². The normalized spacial score (nSPS) is 11.1. The average Bonchev–Trinajstić information content (AvgIpc) is 3.04. The zero-order valence-electron chi connectivity index (χ0n) is 16.2. The molecule has 0 amide bonds. The highest BCUT2D eigenvalue weighted by atomic mass is 35.5.